The predicted molar refractivity (Wildman–Crippen MR) is 62.1 cm³/mol. The number of hydrogen-bond acceptors (Lipinski definition) is 4. The van der Waals surface area contributed by atoms with Crippen LogP contribution in [0, 0.1) is 13.8 Å². The summed E-state index contributed by atoms with van der Waals surface area (Å²) < 4.78 is 0. The Labute approximate surface area is 99.3 Å². The molecular weight excluding hydrogens is 224 g/mol. The minimum Gasteiger partial charge on any atom is -0.478 e. The van der Waals surface area contributed by atoms with Crippen LogP contribution >= 0.6 is 0 Å². The molecule has 0 spiro atoms. The lowest BCUT2D eigenvalue weighted by Gasteiger charge is -2.17. The highest BCUT2D eigenvalue weighted by Gasteiger charge is 2.25. The molecule has 0 bridgehead atoms. The van der Waals surface area contributed by atoms with Gasteiger partial charge in [0.25, 0.3) is 0 Å². The van der Waals surface area contributed by atoms with Crippen molar-refractivity contribution in [1.82, 2.24) is 10.3 Å². The maximum Gasteiger partial charge on any atom is 0.337 e. The fourth-order valence-corrected chi connectivity index (χ4v) is 1.90. The minimum absolute atomic E-state index is 0.149. The van der Waals surface area contributed by atoms with Gasteiger partial charge in [-0.25, -0.2) is 4.79 Å². The van der Waals surface area contributed by atoms with Gasteiger partial charge in [-0.2, -0.15) is 0 Å². The van der Waals surface area contributed by atoms with E-state index in [1.54, 1.807) is 20.9 Å². The Bertz CT molecular complexity index is 414. The summed E-state index contributed by atoms with van der Waals surface area (Å²) in [7, 11) is 1.66. The number of aliphatic hydroxyl groups excluding tert-OH is 2. The van der Waals surface area contributed by atoms with E-state index in [1.165, 1.54) is 0 Å². The maximum absolute atomic E-state index is 11.0. The first-order chi connectivity index (χ1) is 7.90. The SMILES string of the molecule is CNCC(O)C(O)c1[nH]c(C)c(C(=O)O)c1C. The van der Waals surface area contributed by atoms with Crippen molar-refractivity contribution in [2.24, 2.45) is 0 Å². The van der Waals surface area contributed by atoms with Crippen LogP contribution in [0.1, 0.15) is 33.4 Å². The number of likely N-dealkylation sites (N-methyl/N-ethyl adjacent to an activating group) is 1. The Morgan fingerprint density at radius 2 is 2.00 bits per heavy atom. The largest absolute Gasteiger partial charge is 0.478 e. The van der Waals surface area contributed by atoms with Crippen LogP contribution in [0.4, 0.5) is 0 Å². The summed E-state index contributed by atoms with van der Waals surface area (Å²) in [5.41, 5.74) is 1.43. The number of aromatic carboxylic acids is 1. The molecule has 0 saturated carbocycles. The van der Waals surface area contributed by atoms with Gasteiger partial charge in [0.1, 0.15) is 6.10 Å². The molecule has 1 aromatic rings. The van der Waals surface area contributed by atoms with Crippen molar-refractivity contribution in [2.75, 3.05) is 13.6 Å². The highest BCUT2D eigenvalue weighted by molar-refractivity contribution is 5.91. The zero-order chi connectivity index (χ0) is 13.2. The molecule has 2 atom stereocenters. The molecule has 0 aliphatic rings. The third-order valence-corrected chi connectivity index (χ3v) is 2.76. The van der Waals surface area contributed by atoms with E-state index >= 15 is 0 Å². The van der Waals surface area contributed by atoms with Crippen molar-refractivity contribution < 1.29 is 20.1 Å². The molecule has 0 radical (unpaired) electrons. The summed E-state index contributed by atoms with van der Waals surface area (Å²) >= 11 is 0. The molecule has 1 heterocycles. The van der Waals surface area contributed by atoms with Crippen LogP contribution in [0.3, 0.4) is 0 Å². The normalized spacial score (nSPS) is 14.6. The molecule has 1 rings (SSSR count). The van der Waals surface area contributed by atoms with Gasteiger partial charge in [-0.1, -0.05) is 0 Å². The maximum atomic E-state index is 11.0. The summed E-state index contributed by atoms with van der Waals surface area (Å²) in [5, 5.41) is 31.3. The number of carboxylic acid groups (broad SMARTS) is 1. The number of carboxylic acids is 1. The molecule has 0 amide bonds. The molecule has 17 heavy (non-hydrogen) atoms. The smallest absolute Gasteiger partial charge is 0.337 e. The van der Waals surface area contributed by atoms with Crippen molar-refractivity contribution in [1.29, 1.82) is 0 Å². The molecular formula is C11H18N2O4. The Balaban J connectivity index is 3.07. The van der Waals surface area contributed by atoms with Crippen LogP contribution in [-0.4, -0.2) is 46.0 Å². The van der Waals surface area contributed by atoms with Crippen LogP contribution < -0.4 is 5.32 Å². The third kappa shape index (κ3) is 2.66. The van der Waals surface area contributed by atoms with Crippen molar-refractivity contribution in [2.45, 2.75) is 26.1 Å². The van der Waals surface area contributed by atoms with Gasteiger partial charge < -0.3 is 25.6 Å². The summed E-state index contributed by atoms with van der Waals surface area (Å²) in [5.74, 6) is -1.04. The topological polar surface area (TPSA) is 106 Å². The summed E-state index contributed by atoms with van der Waals surface area (Å²) in [6.07, 6.45) is -2.12. The minimum atomic E-state index is -1.13. The Morgan fingerprint density at radius 1 is 1.41 bits per heavy atom. The lowest BCUT2D eigenvalue weighted by molar-refractivity contribution is 0.0175. The molecule has 96 valence electrons. The van der Waals surface area contributed by atoms with Gasteiger partial charge in [0.05, 0.1) is 17.4 Å². The molecule has 1 aromatic heterocycles. The van der Waals surface area contributed by atoms with Crippen LogP contribution in [0.25, 0.3) is 0 Å². The van der Waals surface area contributed by atoms with Crippen LogP contribution in [-0.2, 0) is 0 Å². The molecule has 0 fully saturated rings. The van der Waals surface area contributed by atoms with Gasteiger partial charge in [-0.15, -0.1) is 0 Å². The molecule has 2 unspecified atom stereocenters. The summed E-state index contributed by atoms with van der Waals surface area (Å²) in [4.78, 5) is 13.8. The molecule has 6 nitrogen and oxygen atoms in total. The molecule has 0 aliphatic heterocycles. The number of aromatic amines is 1. The summed E-state index contributed by atoms with van der Waals surface area (Å²) in [6, 6.07) is 0. The highest BCUT2D eigenvalue weighted by Crippen LogP contribution is 2.25. The predicted octanol–water partition coefficient (Wildman–Crippen LogP) is -0.0566. The van der Waals surface area contributed by atoms with Crippen molar-refractivity contribution >= 4 is 5.97 Å². The standard InChI is InChI=1S/C11H18N2O4/c1-5-8(11(16)17)6(2)13-9(5)10(15)7(14)4-12-3/h7,10,12-15H,4H2,1-3H3,(H,16,17). The number of nitrogens with one attached hydrogen (secondary N) is 2. The Morgan fingerprint density at radius 3 is 2.41 bits per heavy atom. The van der Waals surface area contributed by atoms with Crippen molar-refractivity contribution in [3.05, 3.63) is 22.5 Å². The van der Waals surface area contributed by atoms with Crippen LogP contribution in [0.5, 0.6) is 0 Å². The number of H-pyrrole nitrogens is 1. The molecule has 0 aliphatic carbocycles. The number of aryl methyl sites for hydroxylation is 1. The van der Waals surface area contributed by atoms with E-state index in [4.69, 9.17) is 5.11 Å². The van der Waals surface area contributed by atoms with E-state index in [0.717, 1.165) is 0 Å². The number of hydrogen-bond donors (Lipinski definition) is 5. The van der Waals surface area contributed by atoms with Gasteiger partial charge in [-0.05, 0) is 26.5 Å². The van der Waals surface area contributed by atoms with Gasteiger partial charge in [0.2, 0.25) is 0 Å². The number of aliphatic hydroxyl groups is 2. The second kappa shape index (κ2) is 5.31. The van der Waals surface area contributed by atoms with Crippen molar-refractivity contribution in [3.8, 4) is 0 Å². The van der Waals surface area contributed by atoms with E-state index in [0.29, 0.717) is 17.0 Å². The average molecular weight is 242 g/mol. The monoisotopic (exact) mass is 242 g/mol. The van der Waals surface area contributed by atoms with Gasteiger partial charge in [0.15, 0.2) is 0 Å². The summed E-state index contributed by atoms with van der Waals surface area (Å²) in [6.45, 7) is 3.45. The van der Waals surface area contributed by atoms with E-state index < -0.39 is 18.2 Å². The van der Waals surface area contributed by atoms with Crippen LogP contribution in [0.15, 0.2) is 0 Å². The Kier molecular flexibility index (Phi) is 4.28. The lowest BCUT2D eigenvalue weighted by atomic mass is 10.0. The van der Waals surface area contributed by atoms with E-state index in [-0.39, 0.29) is 12.1 Å². The number of aromatic nitrogens is 1. The van der Waals surface area contributed by atoms with Crippen molar-refractivity contribution in [3.63, 3.8) is 0 Å². The second-order valence-electron chi connectivity index (χ2n) is 4.04. The van der Waals surface area contributed by atoms with Gasteiger partial charge in [0, 0.05) is 12.2 Å². The van der Waals surface area contributed by atoms with E-state index in [1.807, 2.05) is 0 Å². The highest BCUT2D eigenvalue weighted by atomic mass is 16.4. The molecule has 6 heteroatoms. The first kappa shape index (κ1) is 13.7. The van der Waals surface area contributed by atoms with E-state index in [9.17, 15) is 15.0 Å². The molecule has 5 N–H and O–H groups in total. The zero-order valence-corrected chi connectivity index (χ0v) is 10.1. The molecule has 0 aromatic carbocycles. The van der Waals surface area contributed by atoms with Gasteiger partial charge in [-0.3, -0.25) is 0 Å². The number of carbonyl (C=O) groups is 1. The fraction of sp³-hybridized carbons (Fsp3) is 0.545. The Hall–Kier alpha value is -1.37. The second-order valence-corrected chi connectivity index (χ2v) is 4.04. The van der Waals surface area contributed by atoms with E-state index in [2.05, 4.69) is 10.3 Å². The lowest BCUT2D eigenvalue weighted by Crippen LogP contribution is -2.30. The first-order valence-electron chi connectivity index (χ1n) is 5.33. The number of rotatable bonds is 5. The average Bonchev–Trinajstić information content (AvgIpc) is 2.53. The first-order valence-corrected chi connectivity index (χ1v) is 5.33. The fourth-order valence-electron chi connectivity index (χ4n) is 1.90. The van der Waals surface area contributed by atoms with Crippen LogP contribution in [0.2, 0.25) is 0 Å². The zero-order valence-electron chi connectivity index (χ0n) is 10.1. The third-order valence-electron chi connectivity index (χ3n) is 2.76. The van der Waals surface area contributed by atoms with Gasteiger partial charge >= 0.3 is 5.97 Å². The molecule has 0 saturated heterocycles. The quantitative estimate of drug-likeness (QED) is 0.497.